The smallest absolute Gasteiger partial charge is 0.360 e. The summed E-state index contributed by atoms with van der Waals surface area (Å²) in [6, 6.07) is 18.7. The molecule has 0 amide bonds. The molecule has 3 atom stereocenters. The Kier molecular flexibility index (Phi) is 6.92. The zero-order valence-corrected chi connectivity index (χ0v) is 21.5. The van der Waals surface area contributed by atoms with Crippen LogP contribution in [0, 0.1) is 5.92 Å². The number of carbonyl (C=O) groups is 2. The number of nitrogens with zero attached hydrogens (tertiary/aromatic N) is 1. The van der Waals surface area contributed by atoms with Crippen LogP contribution in [0.4, 0.5) is 0 Å². The lowest BCUT2D eigenvalue weighted by Crippen LogP contribution is -2.60. The molecule has 2 aromatic rings. The summed E-state index contributed by atoms with van der Waals surface area (Å²) in [5, 5.41) is 0. The molecule has 2 N–H and O–H groups in total. The van der Waals surface area contributed by atoms with Gasteiger partial charge in [0.15, 0.2) is 0 Å². The van der Waals surface area contributed by atoms with E-state index in [0.29, 0.717) is 23.2 Å². The molecule has 3 aliphatic heterocycles. The van der Waals surface area contributed by atoms with Crippen molar-refractivity contribution >= 4 is 11.9 Å². The number of ether oxygens (including phenoxy) is 2. The van der Waals surface area contributed by atoms with Gasteiger partial charge in [-0.25, -0.2) is 4.79 Å². The number of benzene rings is 2. The molecule has 6 nitrogen and oxygen atoms in total. The summed E-state index contributed by atoms with van der Waals surface area (Å²) in [6.45, 7) is 6.26. The molecule has 2 aromatic carbocycles. The number of esters is 2. The maximum Gasteiger partial charge on any atom is 0.360 e. The lowest BCUT2D eigenvalue weighted by atomic mass is 9.85. The number of quaternary nitrogens is 1. The molecule has 36 heavy (non-hydrogen) atoms. The van der Waals surface area contributed by atoms with E-state index in [-0.39, 0.29) is 12.0 Å². The quantitative estimate of drug-likeness (QED) is 0.461. The number of nitrogens with two attached hydrogens (primary N) is 1. The SMILES string of the molecule is CC(C)[C@H](N)C(=O)OC(C(=O)OC1CC2CCC(C1)[N+]21CCCC1)(c1ccccc1)c1ccccc1. The van der Waals surface area contributed by atoms with Crippen LogP contribution in [0.1, 0.15) is 63.5 Å². The van der Waals surface area contributed by atoms with E-state index in [2.05, 4.69) is 0 Å². The van der Waals surface area contributed by atoms with E-state index in [1.54, 1.807) is 0 Å². The molecule has 3 fully saturated rings. The highest BCUT2D eigenvalue weighted by Gasteiger charge is 2.57. The van der Waals surface area contributed by atoms with Gasteiger partial charge in [0.1, 0.15) is 12.1 Å². The number of hydrogen-bond donors (Lipinski definition) is 1. The van der Waals surface area contributed by atoms with Gasteiger partial charge in [0.2, 0.25) is 0 Å². The fourth-order valence-electron chi connectivity index (χ4n) is 6.94. The Bertz CT molecular complexity index is 1010. The van der Waals surface area contributed by atoms with Crippen molar-refractivity contribution in [3.8, 4) is 0 Å². The topological polar surface area (TPSA) is 78.6 Å². The van der Waals surface area contributed by atoms with Gasteiger partial charge in [-0.3, -0.25) is 4.79 Å². The first kappa shape index (κ1) is 25.0. The second-order valence-corrected chi connectivity index (χ2v) is 11.2. The second-order valence-electron chi connectivity index (χ2n) is 11.2. The molecule has 3 saturated heterocycles. The van der Waals surface area contributed by atoms with Gasteiger partial charge in [-0.15, -0.1) is 0 Å². The Morgan fingerprint density at radius 1 is 0.889 bits per heavy atom. The molecular formula is C30H39N2O4+. The van der Waals surface area contributed by atoms with Gasteiger partial charge >= 0.3 is 11.9 Å². The summed E-state index contributed by atoms with van der Waals surface area (Å²) >= 11 is 0. The predicted molar refractivity (Wildman–Crippen MR) is 138 cm³/mol. The first-order valence-corrected chi connectivity index (χ1v) is 13.5. The van der Waals surface area contributed by atoms with Crippen molar-refractivity contribution in [2.75, 3.05) is 13.1 Å². The Balaban J connectivity index is 1.49. The molecule has 5 rings (SSSR count). The van der Waals surface area contributed by atoms with Crippen molar-refractivity contribution < 1.29 is 23.5 Å². The molecule has 2 bridgehead atoms. The largest absolute Gasteiger partial charge is 0.458 e. The van der Waals surface area contributed by atoms with E-state index in [0.717, 1.165) is 12.8 Å². The van der Waals surface area contributed by atoms with E-state index >= 15 is 0 Å². The molecule has 3 heterocycles. The minimum atomic E-state index is -1.72. The van der Waals surface area contributed by atoms with Crippen molar-refractivity contribution in [3.63, 3.8) is 0 Å². The van der Waals surface area contributed by atoms with Crippen LogP contribution in [0.2, 0.25) is 0 Å². The van der Waals surface area contributed by atoms with Gasteiger partial charge in [-0.05, 0) is 5.92 Å². The molecule has 3 aliphatic rings. The van der Waals surface area contributed by atoms with Crippen LogP contribution in [0.25, 0.3) is 0 Å². The standard InChI is InChI=1S/C30H39N2O4/c1-21(2)27(31)28(33)36-30(22-11-5-3-6-12-22,23-13-7-4-8-14-23)29(34)35-26-19-24-15-16-25(20-26)32(24)17-9-10-18-32/h3-8,11-14,21,24-27H,9-10,15-20,31H2,1-2H3/q+1/t24?,25?,26?,27-/m0/s1. The van der Waals surface area contributed by atoms with Gasteiger partial charge in [0.25, 0.3) is 5.60 Å². The fourth-order valence-corrected chi connectivity index (χ4v) is 6.94. The molecule has 0 aromatic heterocycles. The minimum Gasteiger partial charge on any atom is -0.458 e. The van der Waals surface area contributed by atoms with E-state index in [9.17, 15) is 9.59 Å². The molecule has 0 saturated carbocycles. The van der Waals surface area contributed by atoms with Gasteiger partial charge in [0.05, 0.1) is 25.2 Å². The van der Waals surface area contributed by atoms with Gasteiger partial charge < -0.3 is 19.7 Å². The second kappa shape index (κ2) is 9.98. The van der Waals surface area contributed by atoms with Crippen LogP contribution < -0.4 is 5.73 Å². The first-order valence-electron chi connectivity index (χ1n) is 13.5. The summed E-state index contributed by atoms with van der Waals surface area (Å²) in [4.78, 5) is 27.5. The highest BCUT2D eigenvalue weighted by atomic mass is 16.6. The molecule has 0 aliphatic carbocycles. The molecular weight excluding hydrogens is 452 g/mol. The highest BCUT2D eigenvalue weighted by Crippen LogP contribution is 2.47. The van der Waals surface area contributed by atoms with Gasteiger partial charge in [-0.1, -0.05) is 74.5 Å². The maximum atomic E-state index is 14.3. The lowest BCUT2D eigenvalue weighted by Gasteiger charge is -2.47. The number of carbonyl (C=O) groups excluding carboxylic acids is 2. The molecule has 1 spiro atoms. The Morgan fingerprint density at radius 2 is 1.39 bits per heavy atom. The van der Waals surface area contributed by atoms with Crippen LogP contribution in [-0.2, 0) is 24.7 Å². The van der Waals surface area contributed by atoms with Gasteiger partial charge in [0, 0.05) is 49.7 Å². The Labute approximate surface area is 214 Å². The van der Waals surface area contributed by atoms with Crippen LogP contribution >= 0.6 is 0 Å². The van der Waals surface area contributed by atoms with E-state index in [1.165, 1.54) is 43.3 Å². The van der Waals surface area contributed by atoms with Crippen molar-refractivity contribution in [2.45, 2.75) is 82.2 Å². The first-order chi connectivity index (χ1) is 17.4. The summed E-state index contributed by atoms with van der Waals surface area (Å²) < 4.78 is 13.7. The normalized spacial score (nSPS) is 25.6. The number of hydrogen-bond acceptors (Lipinski definition) is 5. The van der Waals surface area contributed by atoms with E-state index in [1.807, 2.05) is 74.5 Å². The van der Waals surface area contributed by atoms with Crippen molar-refractivity contribution in [1.82, 2.24) is 0 Å². The Morgan fingerprint density at radius 3 is 1.86 bits per heavy atom. The third-order valence-electron chi connectivity index (χ3n) is 8.92. The summed E-state index contributed by atoms with van der Waals surface area (Å²) in [5.41, 5.74) is 5.60. The molecule has 6 heteroatoms. The predicted octanol–water partition coefficient (Wildman–Crippen LogP) is 4.30. The zero-order chi connectivity index (χ0) is 25.3. The zero-order valence-electron chi connectivity index (χ0n) is 21.5. The lowest BCUT2D eigenvalue weighted by molar-refractivity contribution is -0.956. The fraction of sp³-hybridized carbons (Fsp3) is 0.533. The summed E-state index contributed by atoms with van der Waals surface area (Å²) in [5.74, 6) is -1.28. The van der Waals surface area contributed by atoms with Crippen molar-refractivity contribution in [3.05, 3.63) is 71.8 Å². The molecule has 0 radical (unpaired) electrons. The number of rotatable bonds is 7. The van der Waals surface area contributed by atoms with Crippen LogP contribution in [0.5, 0.6) is 0 Å². The highest BCUT2D eigenvalue weighted by molar-refractivity contribution is 5.90. The molecule has 192 valence electrons. The summed E-state index contributed by atoms with van der Waals surface area (Å²) in [7, 11) is 0. The Hall–Kier alpha value is -2.70. The van der Waals surface area contributed by atoms with E-state index < -0.39 is 23.6 Å². The third-order valence-corrected chi connectivity index (χ3v) is 8.92. The average molecular weight is 492 g/mol. The van der Waals surface area contributed by atoms with Crippen LogP contribution in [0.15, 0.2) is 60.7 Å². The molecule has 2 unspecified atom stereocenters. The van der Waals surface area contributed by atoms with Crippen molar-refractivity contribution in [1.29, 1.82) is 0 Å². The van der Waals surface area contributed by atoms with E-state index in [4.69, 9.17) is 15.2 Å². The number of piperidine rings is 1. The average Bonchev–Trinajstić information content (AvgIpc) is 3.44. The maximum absolute atomic E-state index is 14.3. The monoisotopic (exact) mass is 491 g/mol. The van der Waals surface area contributed by atoms with Crippen molar-refractivity contribution in [2.24, 2.45) is 11.7 Å². The minimum absolute atomic E-state index is 0.132. The van der Waals surface area contributed by atoms with Gasteiger partial charge in [-0.2, -0.15) is 0 Å². The third kappa shape index (κ3) is 4.24. The van der Waals surface area contributed by atoms with Crippen LogP contribution in [-0.4, -0.2) is 53.7 Å². The summed E-state index contributed by atoms with van der Waals surface area (Å²) in [6.07, 6.45) is 6.59. The van der Waals surface area contributed by atoms with Crippen LogP contribution in [0.3, 0.4) is 0 Å².